The smallest absolute Gasteiger partial charge is 0.378 e. The molecule has 2 aromatic heterocycles. The van der Waals surface area contributed by atoms with E-state index < -0.39 is 11.7 Å². The lowest BCUT2D eigenvalue weighted by Gasteiger charge is -2.26. The Labute approximate surface area is 157 Å². The van der Waals surface area contributed by atoms with Crippen LogP contribution in [-0.4, -0.2) is 46.1 Å². The molecule has 0 radical (unpaired) electrons. The number of ether oxygens (including phenoxy) is 1. The number of benzene rings is 1. The molecule has 3 heterocycles. The fourth-order valence-corrected chi connectivity index (χ4v) is 3.43. The first kappa shape index (κ1) is 18.5. The first-order valence-electron chi connectivity index (χ1n) is 8.75. The highest BCUT2D eigenvalue weighted by Gasteiger charge is 2.31. The normalized spacial score (nSPS) is 15.4. The quantitative estimate of drug-likeness (QED) is 0.724. The minimum Gasteiger partial charge on any atom is -0.378 e. The van der Waals surface area contributed by atoms with Crippen molar-refractivity contribution in [1.29, 1.82) is 0 Å². The van der Waals surface area contributed by atoms with Crippen LogP contribution in [0.3, 0.4) is 0 Å². The number of aromatic nitrogens is 4. The Hall–Kier alpha value is -2.88. The van der Waals surface area contributed by atoms with Gasteiger partial charge in [0.2, 0.25) is 5.95 Å². The van der Waals surface area contributed by atoms with Gasteiger partial charge in [0, 0.05) is 19.3 Å². The fraction of sp³-hybridized carbons (Fsp3) is 0.389. The van der Waals surface area contributed by atoms with Gasteiger partial charge < -0.3 is 9.64 Å². The van der Waals surface area contributed by atoms with Crippen LogP contribution in [0.25, 0.3) is 16.7 Å². The fourth-order valence-electron chi connectivity index (χ4n) is 3.43. The number of aromatic amines is 1. The van der Waals surface area contributed by atoms with Crippen LogP contribution in [0.4, 0.5) is 19.1 Å². The molecule has 0 bridgehead atoms. The first-order valence-corrected chi connectivity index (χ1v) is 8.75. The van der Waals surface area contributed by atoms with Crippen LogP contribution in [0.15, 0.2) is 23.1 Å². The van der Waals surface area contributed by atoms with Crippen molar-refractivity contribution < 1.29 is 17.9 Å². The molecule has 10 heteroatoms. The summed E-state index contributed by atoms with van der Waals surface area (Å²) in [5, 5.41) is 4.63. The highest BCUT2D eigenvalue weighted by molar-refractivity contribution is 5.75. The molecule has 1 aromatic carbocycles. The molecule has 1 N–H and O–H groups in total. The van der Waals surface area contributed by atoms with E-state index in [-0.39, 0.29) is 16.6 Å². The van der Waals surface area contributed by atoms with Crippen LogP contribution in [0.2, 0.25) is 0 Å². The number of halogens is 3. The Morgan fingerprint density at radius 3 is 2.39 bits per heavy atom. The molecule has 3 aromatic rings. The lowest BCUT2D eigenvalue weighted by atomic mass is 10.0. The molecule has 1 aliphatic heterocycles. The third kappa shape index (κ3) is 3.24. The number of fused-ring (bicyclic) bond motifs is 1. The maximum atomic E-state index is 13.0. The molecule has 1 fully saturated rings. The van der Waals surface area contributed by atoms with E-state index in [9.17, 15) is 18.0 Å². The Morgan fingerprint density at radius 1 is 1.14 bits per heavy atom. The van der Waals surface area contributed by atoms with Gasteiger partial charge in [-0.25, -0.2) is 4.68 Å². The molecule has 28 heavy (non-hydrogen) atoms. The summed E-state index contributed by atoms with van der Waals surface area (Å²) in [5.74, 6) is 0.409. The molecular formula is C18H18F3N5O2. The maximum absolute atomic E-state index is 13.0. The number of anilines is 1. The number of H-pyrrole nitrogens is 1. The van der Waals surface area contributed by atoms with Crippen molar-refractivity contribution in [2.24, 2.45) is 0 Å². The number of morpholine rings is 1. The molecule has 0 atom stereocenters. The van der Waals surface area contributed by atoms with Gasteiger partial charge in [-0.05, 0) is 37.1 Å². The van der Waals surface area contributed by atoms with E-state index in [1.807, 2.05) is 4.90 Å². The van der Waals surface area contributed by atoms with E-state index in [0.717, 1.165) is 12.1 Å². The summed E-state index contributed by atoms with van der Waals surface area (Å²) in [5.41, 5.74) is 0.491. The lowest BCUT2D eigenvalue weighted by molar-refractivity contribution is -0.137. The summed E-state index contributed by atoms with van der Waals surface area (Å²) in [4.78, 5) is 21.6. The number of rotatable bonds is 2. The molecule has 0 aliphatic carbocycles. The predicted molar refractivity (Wildman–Crippen MR) is 97.0 cm³/mol. The van der Waals surface area contributed by atoms with Gasteiger partial charge >= 0.3 is 6.18 Å². The minimum absolute atomic E-state index is 0.240. The molecule has 4 rings (SSSR count). The zero-order chi connectivity index (χ0) is 20.1. The average Bonchev–Trinajstić information content (AvgIpc) is 3.05. The minimum atomic E-state index is -4.42. The molecule has 0 amide bonds. The Morgan fingerprint density at radius 2 is 1.79 bits per heavy atom. The predicted octanol–water partition coefficient (Wildman–Crippen LogP) is 2.58. The number of hydrogen-bond donors (Lipinski definition) is 1. The van der Waals surface area contributed by atoms with Gasteiger partial charge in [-0.1, -0.05) is 0 Å². The SMILES string of the molecule is Cc1cc(C(F)(F)F)cc(C)c1-n1cc2c(=O)[nH]c(N3CCOCC3)nc2n1. The van der Waals surface area contributed by atoms with Gasteiger partial charge in [0.25, 0.3) is 5.56 Å². The summed E-state index contributed by atoms with van der Waals surface area (Å²) in [7, 11) is 0. The second kappa shape index (κ2) is 6.62. The van der Waals surface area contributed by atoms with E-state index in [2.05, 4.69) is 15.1 Å². The molecule has 148 valence electrons. The highest BCUT2D eigenvalue weighted by atomic mass is 19.4. The molecule has 1 aliphatic rings. The van der Waals surface area contributed by atoms with Crippen molar-refractivity contribution >= 4 is 17.0 Å². The number of nitrogens with zero attached hydrogens (tertiary/aromatic N) is 4. The van der Waals surface area contributed by atoms with Crippen molar-refractivity contribution in [3.05, 3.63) is 45.4 Å². The Bertz CT molecular complexity index is 1070. The average molecular weight is 393 g/mol. The number of hydrogen-bond acceptors (Lipinski definition) is 5. The topological polar surface area (TPSA) is 76.0 Å². The summed E-state index contributed by atoms with van der Waals surface area (Å²) in [6, 6.07) is 2.15. The second-order valence-corrected chi connectivity index (χ2v) is 6.76. The summed E-state index contributed by atoms with van der Waals surface area (Å²) in [6.07, 6.45) is -2.93. The zero-order valence-corrected chi connectivity index (χ0v) is 15.3. The van der Waals surface area contributed by atoms with Crippen molar-refractivity contribution in [3.8, 4) is 5.69 Å². The summed E-state index contributed by atoms with van der Waals surface area (Å²) in [6.45, 7) is 5.46. The van der Waals surface area contributed by atoms with Gasteiger partial charge in [-0.2, -0.15) is 18.2 Å². The van der Waals surface area contributed by atoms with Crippen LogP contribution in [0, 0.1) is 13.8 Å². The van der Waals surface area contributed by atoms with Gasteiger partial charge in [-0.3, -0.25) is 9.78 Å². The molecule has 0 unspecified atom stereocenters. The molecule has 1 saturated heterocycles. The van der Waals surface area contributed by atoms with Crippen molar-refractivity contribution in [3.63, 3.8) is 0 Å². The van der Waals surface area contributed by atoms with Crippen LogP contribution < -0.4 is 10.5 Å². The number of aryl methyl sites for hydroxylation is 2. The highest BCUT2D eigenvalue weighted by Crippen LogP contribution is 2.33. The number of alkyl halides is 3. The van der Waals surface area contributed by atoms with E-state index in [0.29, 0.717) is 49.1 Å². The first-order chi connectivity index (χ1) is 13.2. The third-order valence-corrected chi connectivity index (χ3v) is 4.73. The van der Waals surface area contributed by atoms with Gasteiger partial charge in [0.1, 0.15) is 5.39 Å². The molecule has 0 saturated carbocycles. The van der Waals surface area contributed by atoms with Crippen molar-refractivity contribution in [2.45, 2.75) is 20.0 Å². The van der Waals surface area contributed by atoms with E-state index in [1.54, 1.807) is 13.8 Å². The molecular weight excluding hydrogens is 375 g/mol. The standard InChI is InChI=1S/C18H18F3N5O2/c1-10-7-12(18(19,20)21)8-11(2)14(10)26-9-13-15(24-26)22-17(23-16(13)27)25-3-5-28-6-4-25/h7-9H,3-6H2,1-2H3,(H,22,23,24,27). The van der Waals surface area contributed by atoms with Crippen molar-refractivity contribution in [2.75, 3.05) is 31.2 Å². The molecule has 7 nitrogen and oxygen atoms in total. The van der Waals surface area contributed by atoms with E-state index >= 15 is 0 Å². The molecule has 0 spiro atoms. The van der Waals surface area contributed by atoms with E-state index in [1.165, 1.54) is 10.9 Å². The number of nitrogens with one attached hydrogen (secondary N) is 1. The Balaban J connectivity index is 1.80. The second-order valence-electron chi connectivity index (χ2n) is 6.76. The van der Waals surface area contributed by atoms with Gasteiger partial charge in [-0.15, -0.1) is 5.10 Å². The van der Waals surface area contributed by atoms with Crippen LogP contribution >= 0.6 is 0 Å². The van der Waals surface area contributed by atoms with Crippen LogP contribution in [-0.2, 0) is 10.9 Å². The zero-order valence-electron chi connectivity index (χ0n) is 15.3. The van der Waals surface area contributed by atoms with Crippen LogP contribution in [0.1, 0.15) is 16.7 Å². The Kier molecular flexibility index (Phi) is 4.37. The lowest BCUT2D eigenvalue weighted by Crippen LogP contribution is -2.38. The summed E-state index contributed by atoms with van der Waals surface area (Å²) < 4.78 is 45.8. The van der Waals surface area contributed by atoms with Crippen molar-refractivity contribution in [1.82, 2.24) is 19.7 Å². The van der Waals surface area contributed by atoms with E-state index in [4.69, 9.17) is 4.74 Å². The maximum Gasteiger partial charge on any atom is 0.416 e. The van der Waals surface area contributed by atoms with Crippen LogP contribution in [0.5, 0.6) is 0 Å². The third-order valence-electron chi connectivity index (χ3n) is 4.73. The monoisotopic (exact) mass is 393 g/mol. The van der Waals surface area contributed by atoms with Gasteiger partial charge in [0.15, 0.2) is 5.65 Å². The summed E-state index contributed by atoms with van der Waals surface area (Å²) >= 11 is 0. The van der Waals surface area contributed by atoms with Gasteiger partial charge in [0.05, 0.1) is 24.5 Å². The largest absolute Gasteiger partial charge is 0.416 e.